The molecule has 3 aliphatic heterocycles. The van der Waals surface area contributed by atoms with Gasteiger partial charge < -0.3 is 20.5 Å². The maximum atomic E-state index is 12.1. The Labute approximate surface area is 215 Å². The number of carbonyl (C=O) groups is 1. The zero-order valence-electron chi connectivity index (χ0n) is 19.8. The summed E-state index contributed by atoms with van der Waals surface area (Å²) in [7, 11) is -3.66. The van der Waals surface area contributed by atoms with Gasteiger partial charge in [0, 0.05) is 23.2 Å². The molecule has 6 rings (SSSR count). The minimum atomic E-state index is -3.66. The molecule has 0 radical (unpaired) electrons. The maximum absolute atomic E-state index is 12.1. The third-order valence-corrected chi connectivity index (χ3v) is 8.61. The molecule has 10 heteroatoms. The Morgan fingerprint density at radius 3 is 2.72 bits per heavy atom. The number of benzene rings is 2. The highest BCUT2D eigenvalue weighted by molar-refractivity contribution is 8.00. The van der Waals surface area contributed by atoms with Gasteiger partial charge in [0.2, 0.25) is 11.7 Å². The van der Waals surface area contributed by atoms with Gasteiger partial charge in [0.25, 0.3) is 10.1 Å². The predicted octanol–water partition coefficient (Wildman–Crippen LogP) is 2.47. The first-order valence-electron chi connectivity index (χ1n) is 11.6. The summed E-state index contributed by atoms with van der Waals surface area (Å²) in [5.41, 5.74) is 7.78. The van der Waals surface area contributed by atoms with Gasteiger partial charge in [-0.25, -0.2) is 0 Å². The summed E-state index contributed by atoms with van der Waals surface area (Å²) < 4.78 is 41.9. The first-order chi connectivity index (χ1) is 17.2. The van der Waals surface area contributed by atoms with Crippen LogP contribution in [0.5, 0.6) is 0 Å². The summed E-state index contributed by atoms with van der Waals surface area (Å²) in [5.74, 6) is -1.06. The summed E-state index contributed by atoms with van der Waals surface area (Å²) in [6.07, 6.45) is 6.28. The topological polar surface area (TPSA) is 117 Å². The fraction of sp³-hybridized carbons (Fsp3) is 0.346. The summed E-state index contributed by atoms with van der Waals surface area (Å²) in [4.78, 5) is 12.1. The van der Waals surface area contributed by atoms with Crippen LogP contribution in [0, 0.1) is 0 Å². The zero-order valence-corrected chi connectivity index (χ0v) is 21.4. The molecule has 3 N–H and O–H groups in total. The van der Waals surface area contributed by atoms with Crippen molar-refractivity contribution in [3.8, 4) is 0 Å². The lowest BCUT2D eigenvalue weighted by molar-refractivity contribution is -0.271. The zero-order chi connectivity index (χ0) is 25.4. The second-order valence-electron chi connectivity index (χ2n) is 9.08. The van der Waals surface area contributed by atoms with Crippen LogP contribution in [0.4, 0.5) is 0 Å². The molecule has 2 aromatic carbocycles. The fourth-order valence-corrected chi connectivity index (χ4v) is 6.75. The molecule has 2 unspecified atom stereocenters. The van der Waals surface area contributed by atoms with Crippen molar-refractivity contribution in [3.05, 3.63) is 95.1 Å². The van der Waals surface area contributed by atoms with Crippen LogP contribution < -0.4 is 11.1 Å². The van der Waals surface area contributed by atoms with Crippen molar-refractivity contribution in [2.45, 2.75) is 29.2 Å². The highest BCUT2D eigenvalue weighted by Crippen LogP contribution is 2.56. The molecule has 0 aromatic heterocycles. The number of nitrogens with one attached hydrogen (secondary N) is 1. The van der Waals surface area contributed by atoms with Crippen molar-refractivity contribution in [1.29, 1.82) is 0 Å². The average molecular weight is 529 g/mol. The van der Waals surface area contributed by atoms with E-state index in [1.54, 1.807) is 23.9 Å². The van der Waals surface area contributed by atoms with Crippen LogP contribution in [0.2, 0.25) is 0 Å². The van der Waals surface area contributed by atoms with Crippen LogP contribution in [0.1, 0.15) is 21.5 Å². The molecule has 0 spiro atoms. The number of rotatable bonds is 9. The third-order valence-electron chi connectivity index (χ3n) is 6.73. The molecule has 3 heterocycles. The molecule has 1 aliphatic carbocycles. The Morgan fingerprint density at radius 1 is 1.22 bits per heavy atom. The van der Waals surface area contributed by atoms with E-state index in [2.05, 4.69) is 11.4 Å². The molecule has 36 heavy (non-hydrogen) atoms. The molecule has 1 fully saturated rings. The minimum Gasteiger partial charge on any atom is -0.366 e. The molecule has 1 saturated heterocycles. The van der Waals surface area contributed by atoms with Crippen LogP contribution in [0.25, 0.3) is 0 Å². The molecule has 4 aliphatic rings. The SMILES string of the molecule is CS(=O)(=O)OC[C@H]1OC2(OCc3ccccc3)C=CC1=CC2(c1cccc(C(N)=O)c1)[C@H]1CNCS1. The van der Waals surface area contributed by atoms with E-state index < -0.39 is 33.3 Å². The molecule has 1 amide bonds. The number of hydrogen-bond donors (Lipinski definition) is 2. The van der Waals surface area contributed by atoms with Crippen molar-refractivity contribution < 1.29 is 26.9 Å². The minimum absolute atomic E-state index is 0.00636. The number of nitrogens with two attached hydrogens (primary N) is 1. The number of ether oxygens (including phenoxy) is 2. The maximum Gasteiger partial charge on any atom is 0.264 e. The van der Waals surface area contributed by atoms with Crippen LogP contribution >= 0.6 is 11.8 Å². The first kappa shape index (κ1) is 25.2. The molecule has 8 nitrogen and oxygen atoms in total. The number of primary amides is 1. The smallest absolute Gasteiger partial charge is 0.264 e. The van der Waals surface area contributed by atoms with E-state index in [0.717, 1.165) is 28.8 Å². The number of carbonyl (C=O) groups excluding carboxylic acids is 1. The van der Waals surface area contributed by atoms with Gasteiger partial charge in [-0.1, -0.05) is 54.6 Å². The van der Waals surface area contributed by atoms with E-state index in [1.807, 2.05) is 54.6 Å². The lowest BCUT2D eigenvalue weighted by atomic mass is 9.64. The van der Waals surface area contributed by atoms with Gasteiger partial charge in [-0.2, -0.15) is 8.42 Å². The van der Waals surface area contributed by atoms with Gasteiger partial charge in [-0.3, -0.25) is 8.98 Å². The lowest BCUT2D eigenvalue weighted by Crippen LogP contribution is -2.64. The average Bonchev–Trinajstić information content (AvgIpc) is 3.42. The highest BCUT2D eigenvalue weighted by Gasteiger charge is 2.62. The number of thioether (sulfide) groups is 1. The van der Waals surface area contributed by atoms with Crippen LogP contribution in [0.15, 0.2) is 78.4 Å². The van der Waals surface area contributed by atoms with E-state index in [4.69, 9.17) is 19.4 Å². The van der Waals surface area contributed by atoms with E-state index in [-0.39, 0.29) is 18.5 Å². The third kappa shape index (κ3) is 4.65. The van der Waals surface area contributed by atoms with Crippen molar-refractivity contribution in [1.82, 2.24) is 5.32 Å². The quantitative estimate of drug-likeness (QED) is 0.477. The second kappa shape index (κ2) is 9.77. The monoisotopic (exact) mass is 528 g/mol. The number of amides is 1. The standard InChI is InChI=1S/C26H28N2O6S2/c1-36(30,31)33-16-22-20-10-11-26(34-22,32-15-18-6-3-2-4-7-18)25(13-20,23-14-28-17-35-23)21-9-5-8-19(12-21)24(27)29/h2-13,22-23,28H,14-17H2,1H3,(H2,27,29)/t22-,23-,25?,26?/m1/s1. The summed E-state index contributed by atoms with van der Waals surface area (Å²) >= 11 is 1.74. The Balaban J connectivity index is 1.64. The first-order valence-corrected chi connectivity index (χ1v) is 14.4. The van der Waals surface area contributed by atoms with Gasteiger partial charge in [-0.05, 0) is 34.9 Å². The predicted molar refractivity (Wildman–Crippen MR) is 138 cm³/mol. The normalized spacial score (nSPS) is 29.3. The highest BCUT2D eigenvalue weighted by atomic mass is 32.2. The molecule has 4 atom stereocenters. The molecule has 2 aromatic rings. The molecular weight excluding hydrogens is 500 g/mol. The molecule has 190 valence electrons. The van der Waals surface area contributed by atoms with Gasteiger partial charge in [-0.15, -0.1) is 11.8 Å². The van der Waals surface area contributed by atoms with Crippen molar-refractivity contribution in [2.24, 2.45) is 5.73 Å². The van der Waals surface area contributed by atoms with Crippen LogP contribution in [-0.4, -0.2) is 56.8 Å². The number of hydrogen-bond acceptors (Lipinski definition) is 8. The van der Waals surface area contributed by atoms with Crippen LogP contribution in [-0.2, 0) is 35.8 Å². The van der Waals surface area contributed by atoms with Crippen LogP contribution in [0.3, 0.4) is 0 Å². The lowest BCUT2D eigenvalue weighted by Gasteiger charge is -2.56. The fourth-order valence-electron chi connectivity index (χ4n) is 5.07. The van der Waals surface area contributed by atoms with Gasteiger partial charge in [0.15, 0.2) is 0 Å². The summed E-state index contributed by atoms with van der Waals surface area (Å²) in [5, 5.41) is 3.40. The van der Waals surface area contributed by atoms with E-state index in [1.165, 1.54) is 0 Å². The van der Waals surface area contributed by atoms with E-state index in [0.29, 0.717) is 12.1 Å². The van der Waals surface area contributed by atoms with Crippen molar-refractivity contribution in [2.75, 3.05) is 25.3 Å². The Kier molecular flexibility index (Phi) is 6.84. The van der Waals surface area contributed by atoms with Crippen molar-refractivity contribution >= 4 is 27.8 Å². The summed E-state index contributed by atoms with van der Waals surface area (Å²) in [6, 6.07) is 17.0. The second-order valence-corrected chi connectivity index (χ2v) is 11.9. The van der Waals surface area contributed by atoms with Gasteiger partial charge in [0.1, 0.15) is 6.10 Å². The van der Waals surface area contributed by atoms with Crippen molar-refractivity contribution in [3.63, 3.8) is 0 Å². The molecule has 0 saturated carbocycles. The van der Waals surface area contributed by atoms with Gasteiger partial charge >= 0.3 is 0 Å². The van der Waals surface area contributed by atoms with E-state index in [9.17, 15) is 13.2 Å². The Bertz CT molecular complexity index is 1310. The van der Waals surface area contributed by atoms with E-state index >= 15 is 0 Å². The van der Waals surface area contributed by atoms with Gasteiger partial charge in [0.05, 0.1) is 24.9 Å². The molecular formula is C26H28N2O6S2. The summed E-state index contributed by atoms with van der Waals surface area (Å²) in [6.45, 7) is 0.780. The largest absolute Gasteiger partial charge is 0.366 e. The molecule has 2 bridgehead atoms. The Hall–Kier alpha value is -2.47. The Morgan fingerprint density at radius 2 is 2.03 bits per heavy atom. The number of fused-ring (bicyclic) bond motifs is 2.